The van der Waals surface area contributed by atoms with Crippen LogP contribution < -0.4 is 9.64 Å². The maximum Gasteiger partial charge on any atom is 0.300 e. The fourth-order valence-electron chi connectivity index (χ4n) is 3.82. The maximum absolute atomic E-state index is 13.1. The van der Waals surface area contributed by atoms with Crippen molar-refractivity contribution >= 4 is 23.1 Å². The van der Waals surface area contributed by atoms with Crippen molar-refractivity contribution in [3.8, 4) is 5.75 Å². The largest absolute Gasteiger partial charge is 0.507 e. The third kappa shape index (κ3) is 3.24. The molecule has 1 amide bonds. The van der Waals surface area contributed by atoms with Crippen molar-refractivity contribution in [3.05, 3.63) is 101 Å². The molecule has 5 nitrogen and oxygen atoms in total. The van der Waals surface area contributed by atoms with E-state index >= 15 is 0 Å². The second-order valence-electron chi connectivity index (χ2n) is 7.10. The summed E-state index contributed by atoms with van der Waals surface area (Å²) in [5.74, 6) is -0.900. The van der Waals surface area contributed by atoms with E-state index in [1.165, 1.54) is 4.90 Å². The number of Topliss-reactive ketones (excluding diaryl/α,β-unsaturated/α-hetero) is 1. The molecule has 1 N–H and O–H groups in total. The summed E-state index contributed by atoms with van der Waals surface area (Å²) in [6, 6.07) is 22.7. The van der Waals surface area contributed by atoms with Crippen molar-refractivity contribution in [2.45, 2.75) is 13.0 Å². The molecule has 30 heavy (non-hydrogen) atoms. The summed E-state index contributed by atoms with van der Waals surface area (Å²) in [6.07, 6.45) is 0. The highest BCUT2D eigenvalue weighted by molar-refractivity contribution is 6.51. The number of carbonyl (C=O) groups excluding carboxylic acids is 2. The van der Waals surface area contributed by atoms with E-state index in [0.717, 1.165) is 11.1 Å². The van der Waals surface area contributed by atoms with Gasteiger partial charge in [0.2, 0.25) is 0 Å². The monoisotopic (exact) mass is 399 g/mol. The van der Waals surface area contributed by atoms with E-state index in [-0.39, 0.29) is 11.3 Å². The summed E-state index contributed by atoms with van der Waals surface area (Å²) in [4.78, 5) is 27.5. The molecule has 4 rings (SSSR count). The predicted octanol–water partition coefficient (Wildman–Crippen LogP) is 4.63. The van der Waals surface area contributed by atoms with Gasteiger partial charge in [-0.05, 0) is 48.4 Å². The van der Waals surface area contributed by atoms with Crippen LogP contribution >= 0.6 is 0 Å². The Bertz CT molecular complexity index is 1140. The number of carbonyl (C=O) groups is 2. The van der Waals surface area contributed by atoms with Crippen molar-refractivity contribution in [1.29, 1.82) is 0 Å². The highest BCUT2D eigenvalue weighted by Gasteiger charge is 2.46. The lowest BCUT2D eigenvalue weighted by molar-refractivity contribution is -0.132. The van der Waals surface area contributed by atoms with Gasteiger partial charge in [-0.25, -0.2) is 0 Å². The number of ketones is 1. The molecule has 0 radical (unpaired) electrons. The molecule has 0 spiro atoms. The van der Waals surface area contributed by atoms with E-state index in [1.807, 2.05) is 55.5 Å². The Labute approximate surface area is 174 Å². The molecule has 0 aromatic heterocycles. The zero-order chi connectivity index (χ0) is 21.3. The minimum Gasteiger partial charge on any atom is -0.507 e. The Hall–Kier alpha value is -3.86. The molecule has 3 aromatic rings. The molecular formula is C25H21NO4. The summed E-state index contributed by atoms with van der Waals surface area (Å²) >= 11 is 0. The van der Waals surface area contributed by atoms with E-state index in [2.05, 4.69) is 0 Å². The Morgan fingerprint density at radius 1 is 0.933 bits per heavy atom. The maximum atomic E-state index is 13.1. The molecule has 1 aliphatic heterocycles. The number of anilines is 1. The van der Waals surface area contributed by atoms with Crippen LogP contribution in [-0.2, 0) is 9.59 Å². The first kappa shape index (κ1) is 19.5. The van der Waals surface area contributed by atoms with E-state index in [0.29, 0.717) is 17.0 Å². The zero-order valence-corrected chi connectivity index (χ0v) is 16.7. The first-order valence-electron chi connectivity index (χ1n) is 9.59. The standard InChI is InChI=1S/C25H21NO4/c1-16-15-18(13-14-20(16)30-2)23(27)21-22(17-9-5-3-6-10-17)26(25(29)24(21)28)19-11-7-4-8-12-19/h3-15,22,27H,1-2H3/b23-21-. The summed E-state index contributed by atoms with van der Waals surface area (Å²) < 4.78 is 5.28. The van der Waals surface area contributed by atoms with Crippen molar-refractivity contribution in [2.75, 3.05) is 12.0 Å². The first-order chi connectivity index (χ1) is 14.5. The molecule has 150 valence electrons. The van der Waals surface area contributed by atoms with E-state index < -0.39 is 17.7 Å². The molecule has 0 saturated carbocycles. The van der Waals surface area contributed by atoms with Gasteiger partial charge in [-0.15, -0.1) is 0 Å². The number of aliphatic hydroxyl groups excluding tert-OH is 1. The van der Waals surface area contributed by atoms with Gasteiger partial charge in [0.05, 0.1) is 18.7 Å². The number of nitrogens with zero attached hydrogens (tertiary/aromatic N) is 1. The topological polar surface area (TPSA) is 66.8 Å². The molecule has 5 heteroatoms. The predicted molar refractivity (Wildman–Crippen MR) is 115 cm³/mol. The quantitative estimate of drug-likeness (QED) is 0.395. The number of methoxy groups -OCH3 is 1. The number of aryl methyl sites for hydroxylation is 1. The van der Waals surface area contributed by atoms with Gasteiger partial charge in [0.25, 0.3) is 11.7 Å². The molecule has 1 saturated heterocycles. The lowest BCUT2D eigenvalue weighted by Crippen LogP contribution is -2.29. The van der Waals surface area contributed by atoms with Gasteiger partial charge >= 0.3 is 0 Å². The van der Waals surface area contributed by atoms with Gasteiger partial charge in [0.1, 0.15) is 11.5 Å². The summed E-state index contributed by atoms with van der Waals surface area (Å²) in [5, 5.41) is 11.1. The van der Waals surface area contributed by atoms with Gasteiger partial charge in [-0.1, -0.05) is 48.5 Å². The van der Waals surface area contributed by atoms with Gasteiger partial charge in [0.15, 0.2) is 0 Å². The third-order valence-electron chi connectivity index (χ3n) is 5.26. The fourth-order valence-corrected chi connectivity index (χ4v) is 3.82. The SMILES string of the molecule is COc1ccc(/C(O)=C2/C(=O)C(=O)N(c3ccccc3)C2c2ccccc2)cc1C. The van der Waals surface area contributed by atoms with Gasteiger partial charge < -0.3 is 9.84 Å². The first-order valence-corrected chi connectivity index (χ1v) is 9.59. The van der Waals surface area contributed by atoms with Crippen molar-refractivity contribution in [3.63, 3.8) is 0 Å². The highest BCUT2D eigenvalue weighted by Crippen LogP contribution is 2.42. The van der Waals surface area contributed by atoms with Crippen LogP contribution in [0.25, 0.3) is 5.76 Å². The number of ether oxygens (including phenoxy) is 1. The molecule has 3 aromatic carbocycles. The molecular weight excluding hydrogens is 378 g/mol. The van der Waals surface area contributed by atoms with Crippen LogP contribution in [0.1, 0.15) is 22.7 Å². The molecule has 0 bridgehead atoms. The molecule has 1 heterocycles. The number of hydrogen-bond donors (Lipinski definition) is 1. The molecule has 1 atom stereocenters. The fraction of sp³-hybridized carbons (Fsp3) is 0.120. The van der Waals surface area contributed by atoms with Crippen LogP contribution in [0.3, 0.4) is 0 Å². The van der Waals surface area contributed by atoms with E-state index in [9.17, 15) is 14.7 Å². The summed E-state index contributed by atoms with van der Waals surface area (Å²) in [5.41, 5.74) is 2.68. The average molecular weight is 399 g/mol. The smallest absolute Gasteiger partial charge is 0.300 e. The van der Waals surface area contributed by atoms with Crippen LogP contribution in [0.15, 0.2) is 84.4 Å². The number of rotatable bonds is 4. The second-order valence-corrected chi connectivity index (χ2v) is 7.10. The molecule has 0 aliphatic carbocycles. The summed E-state index contributed by atoms with van der Waals surface area (Å²) in [7, 11) is 1.57. The number of hydrogen-bond acceptors (Lipinski definition) is 4. The van der Waals surface area contributed by atoms with E-state index in [4.69, 9.17) is 4.74 Å². The summed E-state index contributed by atoms with van der Waals surface area (Å²) in [6.45, 7) is 1.85. The normalized spacial score (nSPS) is 17.9. The van der Waals surface area contributed by atoms with Gasteiger partial charge in [-0.3, -0.25) is 14.5 Å². The zero-order valence-electron chi connectivity index (χ0n) is 16.7. The van der Waals surface area contributed by atoms with Crippen molar-refractivity contribution in [2.24, 2.45) is 0 Å². The van der Waals surface area contributed by atoms with Crippen LogP contribution in [0.2, 0.25) is 0 Å². The Morgan fingerprint density at radius 2 is 1.57 bits per heavy atom. The number of benzene rings is 3. The third-order valence-corrected chi connectivity index (χ3v) is 5.26. The lowest BCUT2D eigenvalue weighted by atomic mass is 9.94. The highest BCUT2D eigenvalue weighted by atomic mass is 16.5. The number of aliphatic hydroxyl groups is 1. The average Bonchev–Trinajstić information content (AvgIpc) is 3.05. The minimum atomic E-state index is -0.726. The van der Waals surface area contributed by atoms with Crippen LogP contribution in [0, 0.1) is 6.92 Å². The number of amides is 1. The van der Waals surface area contributed by atoms with Crippen LogP contribution in [-0.4, -0.2) is 23.9 Å². The number of para-hydroxylation sites is 1. The Balaban J connectivity index is 1.93. The van der Waals surface area contributed by atoms with E-state index in [1.54, 1.807) is 37.4 Å². The Morgan fingerprint density at radius 3 is 2.17 bits per heavy atom. The molecule has 1 fully saturated rings. The molecule has 1 aliphatic rings. The lowest BCUT2D eigenvalue weighted by Gasteiger charge is -2.25. The molecule has 1 unspecified atom stereocenters. The second kappa shape index (κ2) is 7.87. The minimum absolute atomic E-state index is 0.0691. The van der Waals surface area contributed by atoms with Gasteiger partial charge in [0, 0.05) is 11.3 Å². The van der Waals surface area contributed by atoms with Crippen LogP contribution in [0.4, 0.5) is 5.69 Å². The van der Waals surface area contributed by atoms with Crippen molar-refractivity contribution < 1.29 is 19.4 Å². The Kier molecular flexibility index (Phi) is 5.11. The van der Waals surface area contributed by atoms with Crippen LogP contribution in [0.5, 0.6) is 5.75 Å². The van der Waals surface area contributed by atoms with Crippen molar-refractivity contribution in [1.82, 2.24) is 0 Å². The van der Waals surface area contributed by atoms with Gasteiger partial charge in [-0.2, -0.15) is 0 Å².